The molecule has 0 saturated carbocycles. The molecule has 0 radical (unpaired) electrons. The van der Waals surface area contributed by atoms with Gasteiger partial charge in [-0.2, -0.15) is 0 Å². The lowest BCUT2D eigenvalue weighted by Crippen LogP contribution is -2.15. The second kappa shape index (κ2) is 2.66. The maximum Gasteiger partial charge on any atom is 0.0740 e. The summed E-state index contributed by atoms with van der Waals surface area (Å²) in [6, 6.07) is 0. The summed E-state index contributed by atoms with van der Waals surface area (Å²) in [6.07, 6.45) is 8.83. The molecule has 0 aromatic rings. The molecule has 58 valence electrons. The van der Waals surface area contributed by atoms with Crippen molar-refractivity contribution in [3.63, 3.8) is 0 Å². The van der Waals surface area contributed by atoms with Crippen molar-refractivity contribution in [2.75, 3.05) is 0 Å². The molecule has 2 rings (SSSR count). The fourth-order valence-corrected chi connectivity index (χ4v) is 2.25. The van der Waals surface area contributed by atoms with Crippen molar-refractivity contribution in [3.8, 4) is 0 Å². The molecule has 2 unspecified atom stereocenters. The van der Waals surface area contributed by atoms with Crippen LogP contribution < -0.4 is 5.32 Å². The molecule has 0 spiro atoms. The Kier molecular flexibility index (Phi) is 1.79. The molecule has 1 aliphatic heterocycles. The maximum absolute atomic E-state index is 3.34. The highest BCUT2D eigenvalue weighted by Gasteiger charge is 2.24. The summed E-state index contributed by atoms with van der Waals surface area (Å²) >= 11 is 2.33. The Morgan fingerprint density at radius 1 is 1.55 bits per heavy atom. The van der Waals surface area contributed by atoms with Crippen LogP contribution in [-0.2, 0) is 0 Å². The summed E-state index contributed by atoms with van der Waals surface area (Å²) in [5, 5.41) is 3.34. The van der Waals surface area contributed by atoms with Crippen molar-refractivity contribution >= 4 is 22.6 Å². The van der Waals surface area contributed by atoms with Crippen LogP contribution in [0.4, 0.5) is 0 Å². The van der Waals surface area contributed by atoms with Gasteiger partial charge in [0.25, 0.3) is 0 Å². The third kappa shape index (κ3) is 1.24. The zero-order valence-electron chi connectivity index (χ0n) is 6.34. The van der Waals surface area contributed by atoms with E-state index in [1.165, 1.54) is 9.40 Å². The fraction of sp³-hybridized carbons (Fsp3) is 0.333. The normalized spacial score (nSPS) is 34.0. The second-order valence-electron chi connectivity index (χ2n) is 3.03. The average molecular weight is 259 g/mol. The Balaban J connectivity index is 2.31. The molecule has 2 atom stereocenters. The van der Waals surface area contributed by atoms with Crippen LogP contribution in [0.5, 0.6) is 0 Å². The third-order valence-electron chi connectivity index (χ3n) is 2.21. The van der Waals surface area contributed by atoms with E-state index in [-0.39, 0.29) is 0 Å². The minimum absolute atomic E-state index is 0.604. The van der Waals surface area contributed by atoms with Gasteiger partial charge >= 0.3 is 0 Å². The largest absolute Gasteiger partial charge is 0.354 e. The van der Waals surface area contributed by atoms with E-state index in [1.54, 1.807) is 0 Å². The van der Waals surface area contributed by atoms with E-state index in [9.17, 15) is 0 Å². The fourth-order valence-electron chi connectivity index (χ4n) is 1.55. The highest BCUT2D eigenvalue weighted by molar-refractivity contribution is 14.1. The number of fused-ring (bicyclic) bond motifs is 1. The number of allylic oxidation sites excluding steroid dienone is 4. The predicted molar refractivity (Wildman–Crippen MR) is 55.1 cm³/mol. The van der Waals surface area contributed by atoms with E-state index in [1.807, 2.05) is 0 Å². The molecular weight excluding hydrogens is 249 g/mol. The van der Waals surface area contributed by atoms with Crippen molar-refractivity contribution in [1.29, 1.82) is 0 Å². The smallest absolute Gasteiger partial charge is 0.0740 e. The molecule has 1 heterocycles. The van der Waals surface area contributed by atoms with E-state index < -0.39 is 0 Å². The standard InChI is InChI=1S/C9H10IN/c1-6-3-2-4-8-7(6)5-9(10)11-8/h2-7,11H,1H3. The van der Waals surface area contributed by atoms with E-state index in [0.29, 0.717) is 11.8 Å². The minimum atomic E-state index is 0.604. The van der Waals surface area contributed by atoms with Crippen molar-refractivity contribution < 1.29 is 0 Å². The molecule has 0 aromatic heterocycles. The lowest BCUT2D eigenvalue weighted by Gasteiger charge is -2.18. The molecule has 11 heavy (non-hydrogen) atoms. The van der Waals surface area contributed by atoms with Gasteiger partial charge in [0.1, 0.15) is 0 Å². The number of hydrogen-bond acceptors (Lipinski definition) is 1. The quantitative estimate of drug-likeness (QED) is 0.520. The second-order valence-corrected chi connectivity index (χ2v) is 4.19. The van der Waals surface area contributed by atoms with E-state index in [4.69, 9.17) is 0 Å². The van der Waals surface area contributed by atoms with Gasteiger partial charge in [0.15, 0.2) is 0 Å². The summed E-state index contributed by atoms with van der Waals surface area (Å²) in [5.41, 5.74) is 1.35. The van der Waals surface area contributed by atoms with Gasteiger partial charge in [0.2, 0.25) is 0 Å². The lowest BCUT2D eigenvalue weighted by molar-refractivity contribution is 0.574. The van der Waals surface area contributed by atoms with Gasteiger partial charge in [-0.05, 0) is 40.7 Å². The summed E-state index contributed by atoms with van der Waals surface area (Å²) < 4.78 is 1.26. The summed E-state index contributed by atoms with van der Waals surface area (Å²) in [5.74, 6) is 1.25. The molecule has 1 aliphatic carbocycles. The van der Waals surface area contributed by atoms with Crippen LogP contribution >= 0.6 is 22.6 Å². The molecule has 0 bridgehead atoms. The molecule has 1 N–H and O–H groups in total. The molecule has 0 fully saturated rings. The van der Waals surface area contributed by atoms with E-state index in [2.05, 4.69) is 59.1 Å². The Morgan fingerprint density at radius 3 is 3.09 bits per heavy atom. The molecule has 1 nitrogen and oxygen atoms in total. The number of nitrogens with one attached hydrogen (secondary N) is 1. The van der Waals surface area contributed by atoms with Crippen LogP contribution in [0.1, 0.15) is 6.92 Å². The van der Waals surface area contributed by atoms with Gasteiger partial charge in [-0.1, -0.05) is 19.1 Å². The molecule has 0 amide bonds. The number of halogens is 1. The predicted octanol–water partition coefficient (Wildman–Crippen LogP) is 2.57. The van der Waals surface area contributed by atoms with Crippen LogP contribution in [0.15, 0.2) is 33.7 Å². The Labute approximate surface area is 80.4 Å². The summed E-state index contributed by atoms with van der Waals surface area (Å²) in [6.45, 7) is 2.25. The first kappa shape index (κ1) is 7.40. The van der Waals surface area contributed by atoms with Crippen molar-refractivity contribution in [2.45, 2.75) is 6.92 Å². The molecule has 2 heteroatoms. The third-order valence-corrected chi connectivity index (χ3v) is 2.83. The number of hydrogen-bond donors (Lipinski definition) is 1. The maximum atomic E-state index is 3.34. The van der Waals surface area contributed by atoms with Crippen molar-refractivity contribution in [1.82, 2.24) is 5.32 Å². The zero-order valence-corrected chi connectivity index (χ0v) is 8.50. The van der Waals surface area contributed by atoms with Crippen LogP contribution in [0.3, 0.4) is 0 Å². The van der Waals surface area contributed by atoms with Crippen LogP contribution in [-0.4, -0.2) is 0 Å². The lowest BCUT2D eigenvalue weighted by atomic mass is 9.89. The van der Waals surface area contributed by atoms with E-state index >= 15 is 0 Å². The molecule has 0 aromatic carbocycles. The topological polar surface area (TPSA) is 12.0 Å². The first-order valence-electron chi connectivity index (χ1n) is 3.80. The van der Waals surface area contributed by atoms with Gasteiger partial charge in [-0.15, -0.1) is 0 Å². The van der Waals surface area contributed by atoms with Crippen molar-refractivity contribution in [3.05, 3.63) is 33.7 Å². The van der Waals surface area contributed by atoms with Crippen LogP contribution in [0.2, 0.25) is 0 Å². The first-order chi connectivity index (χ1) is 5.27. The monoisotopic (exact) mass is 259 g/mol. The highest BCUT2D eigenvalue weighted by Crippen LogP contribution is 2.32. The van der Waals surface area contributed by atoms with Crippen molar-refractivity contribution in [2.24, 2.45) is 11.8 Å². The Bertz CT molecular complexity index is 263. The van der Waals surface area contributed by atoms with Gasteiger partial charge in [0, 0.05) is 11.6 Å². The van der Waals surface area contributed by atoms with Crippen LogP contribution in [0.25, 0.3) is 0 Å². The zero-order chi connectivity index (χ0) is 7.84. The first-order valence-corrected chi connectivity index (χ1v) is 4.88. The average Bonchev–Trinajstić information content (AvgIpc) is 2.31. The summed E-state index contributed by atoms with van der Waals surface area (Å²) in [7, 11) is 0. The van der Waals surface area contributed by atoms with Gasteiger partial charge in [-0.3, -0.25) is 0 Å². The SMILES string of the molecule is CC1C=CC=C2NC(I)=CC21. The Hall–Kier alpha value is -0.250. The Morgan fingerprint density at radius 2 is 2.36 bits per heavy atom. The van der Waals surface area contributed by atoms with Gasteiger partial charge < -0.3 is 5.32 Å². The minimum Gasteiger partial charge on any atom is -0.354 e. The van der Waals surface area contributed by atoms with Gasteiger partial charge in [0.05, 0.1) is 3.70 Å². The van der Waals surface area contributed by atoms with E-state index in [0.717, 1.165) is 0 Å². The van der Waals surface area contributed by atoms with Crippen LogP contribution in [0, 0.1) is 11.8 Å². The van der Waals surface area contributed by atoms with Gasteiger partial charge in [-0.25, -0.2) is 0 Å². The highest BCUT2D eigenvalue weighted by atomic mass is 127. The molecular formula is C9H10IN. The molecule has 2 aliphatic rings. The molecule has 0 saturated heterocycles. The number of rotatable bonds is 0. The summed E-state index contributed by atoms with van der Waals surface area (Å²) in [4.78, 5) is 0.